The van der Waals surface area contributed by atoms with Crippen LogP contribution >= 0.6 is 0 Å². The van der Waals surface area contributed by atoms with Crippen molar-refractivity contribution in [2.75, 3.05) is 13.1 Å². The van der Waals surface area contributed by atoms with Gasteiger partial charge in [-0.15, -0.1) is 0 Å². The Hall–Kier alpha value is -2.41. The average Bonchev–Trinajstić information content (AvgIpc) is 2.96. The Morgan fingerprint density at radius 1 is 0.926 bits per heavy atom. The van der Waals surface area contributed by atoms with Crippen molar-refractivity contribution in [3.05, 3.63) is 28.8 Å². The van der Waals surface area contributed by atoms with Gasteiger partial charge in [-0.05, 0) is 68.5 Å². The van der Waals surface area contributed by atoms with Crippen molar-refractivity contribution in [1.29, 1.82) is 0 Å². The van der Waals surface area contributed by atoms with E-state index >= 15 is 0 Å². The second-order valence-corrected chi connectivity index (χ2v) is 7.97. The lowest BCUT2D eigenvalue weighted by Crippen LogP contribution is -2.51. The van der Waals surface area contributed by atoms with Crippen molar-refractivity contribution >= 4 is 17.7 Å². The molecule has 4 aliphatic rings. The van der Waals surface area contributed by atoms with Crippen LogP contribution in [0.1, 0.15) is 60.0 Å². The summed E-state index contributed by atoms with van der Waals surface area (Å²) in [6.07, 6.45) is 5.00. The number of carbonyl (C=O) groups excluding carboxylic acids is 3. The zero-order valence-corrected chi connectivity index (χ0v) is 15.3. The fourth-order valence-corrected chi connectivity index (χ4v) is 4.71. The maximum Gasteiger partial charge on any atom is 0.273 e. The van der Waals surface area contributed by atoms with Crippen molar-refractivity contribution in [3.63, 3.8) is 0 Å². The number of ether oxygens (including phenoxy) is 1. The van der Waals surface area contributed by atoms with E-state index < -0.39 is 0 Å². The Labute approximate surface area is 157 Å². The Morgan fingerprint density at radius 3 is 2.41 bits per heavy atom. The third kappa shape index (κ3) is 2.64. The topological polar surface area (TPSA) is 79.0 Å². The van der Waals surface area contributed by atoms with Crippen LogP contribution in [0.5, 0.6) is 5.75 Å². The number of imide groups is 1. The lowest BCUT2D eigenvalue weighted by Gasteiger charge is -2.41. The van der Waals surface area contributed by atoms with Gasteiger partial charge in [-0.3, -0.25) is 14.4 Å². The second-order valence-electron chi connectivity index (χ2n) is 7.97. The number of amides is 3. The molecule has 1 N–H and O–H groups in total. The molecule has 0 atom stereocenters. The maximum atomic E-state index is 12.9. The predicted octanol–water partition coefficient (Wildman–Crippen LogP) is 1.54. The summed E-state index contributed by atoms with van der Waals surface area (Å²) in [6, 6.07) is 3.85. The summed E-state index contributed by atoms with van der Waals surface area (Å²) < 4.78 is 6.43. The minimum Gasteiger partial charge on any atom is -0.487 e. The van der Waals surface area contributed by atoms with E-state index in [2.05, 4.69) is 5.32 Å². The molecule has 3 amide bonds. The highest BCUT2D eigenvalue weighted by Crippen LogP contribution is 2.41. The van der Waals surface area contributed by atoms with Gasteiger partial charge in [0.05, 0.1) is 6.54 Å². The molecule has 4 heterocycles. The van der Waals surface area contributed by atoms with Crippen molar-refractivity contribution < 1.29 is 19.1 Å². The fraction of sp³-hybridized carbons (Fsp3) is 0.550. The first-order chi connectivity index (χ1) is 13.1. The van der Waals surface area contributed by atoms with Gasteiger partial charge in [-0.1, -0.05) is 0 Å². The monoisotopic (exact) mass is 369 g/mol. The van der Waals surface area contributed by atoms with E-state index in [1.165, 1.54) is 5.01 Å². The number of fused-ring (bicyclic) bond motifs is 2. The number of hydrazine groups is 1. The number of piperidine rings is 2. The van der Waals surface area contributed by atoms with E-state index in [9.17, 15) is 14.4 Å². The van der Waals surface area contributed by atoms with Gasteiger partial charge >= 0.3 is 0 Å². The summed E-state index contributed by atoms with van der Waals surface area (Å²) in [5.74, 6) is 0.00977. The molecule has 142 valence electrons. The summed E-state index contributed by atoms with van der Waals surface area (Å²) in [4.78, 5) is 37.4. The maximum absolute atomic E-state index is 12.9. The Balaban J connectivity index is 1.44. The molecule has 1 aromatic rings. The number of nitrogens with zero attached hydrogens (tertiary/aromatic N) is 2. The molecule has 4 aliphatic heterocycles. The van der Waals surface area contributed by atoms with Gasteiger partial charge < -0.3 is 10.1 Å². The fourth-order valence-electron chi connectivity index (χ4n) is 4.71. The van der Waals surface area contributed by atoms with Crippen molar-refractivity contribution in [1.82, 2.24) is 15.3 Å². The smallest absolute Gasteiger partial charge is 0.273 e. The van der Waals surface area contributed by atoms with E-state index in [0.717, 1.165) is 60.7 Å². The normalized spacial score (nSPS) is 24.1. The van der Waals surface area contributed by atoms with Crippen molar-refractivity contribution in [2.45, 2.75) is 57.1 Å². The van der Waals surface area contributed by atoms with E-state index in [1.54, 1.807) is 0 Å². The number of nitrogens with one attached hydrogen (secondary N) is 1. The summed E-state index contributed by atoms with van der Waals surface area (Å²) in [5, 5.41) is 5.74. The van der Waals surface area contributed by atoms with Crippen LogP contribution in [0.15, 0.2) is 12.1 Å². The predicted molar refractivity (Wildman–Crippen MR) is 95.8 cm³/mol. The summed E-state index contributed by atoms with van der Waals surface area (Å²) in [5.41, 5.74) is 2.36. The molecule has 0 saturated carbocycles. The number of carbonyl (C=O) groups is 3. The van der Waals surface area contributed by atoms with E-state index in [-0.39, 0.29) is 29.9 Å². The molecule has 7 nitrogen and oxygen atoms in total. The molecule has 7 heteroatoms. The number of aryl methyl sites for hydroxylation is 1. The Kier molecular flexibility index (Phi) is 3.75. The van der Waals surface area contributed by atoms with E-state index in [1.807, 2.05) is 12.1 Å². The highest BCUT2D eigenvalue weighted by atomic mass is 16.5. The molecular formula is C20H23N3O4. The molecule has 0 radical (unpaired) electrons. The molecule has 0 aromatic heterocycles. The molecule has 2 saturated heterocycles. The van der Waals surface area contributed by atoms with Crippen LogP contribution < -0.4 is 10.1 Å². The van der Waals surface area contributed by atoms with Crippen molar-refractivity contribution in [3.8, 4) is 5.75 Å². The largest absolute Gasteiger partial charge is 0.487 e. The first-order valence-corrected chi connectivity index (χ1v) is 9.79. The molecule has 27 heavy (non-hydrogen) atoms. The van der Waals surface area contributed by atoms with Gasteiger partial charge in [0, 0.05) is 18.4 Å². The molecule has 0 bridgehead atoms. The first-order valence-electron chi connectivity index (χ1n) is 9.79. The van der Waals surface area contributed by atoms with Crippen molar-refractivity contribution in [2.24, 2.45) is 0 Å². The van der Waals surface area contributed by atoms with E-state index in [0.29, 0.717) is 24.8 Å². The van der Waals surface area contributed by atoms with Gasteiger partial charge in [0.2, 0.25) is 11.8 Å². The van der Waals surface area contributed by atoms with Crippen LogP contribution in [-0.2, 0) is 22.6 Å². The average molecular weight is 369 g/mol. The number of rotatable bonds is 1. The van der Waals surface area contributed by atoms with E-state index in [4.69, 9.17) is 4.74 Å². The molecule has 0 aliphatic carbocycles. The molecule has 1 spiro atoms. The summed E-state index contributed by atoms with van der Waals surface area (Å²) in [7, 11) is 0. The van der Waals surface area contributed by atoms with Crippen LogP contribution in [0, 0.1) is 0 Å². The highest BCUT2D eigenvalue weighted by molar-refractivity contribution is 6.04. The molecule has 0 unspecified atom stereocenters. The number of benzene rings is 1. The molecular weight excluding hydrogens is 346 g/mol. The minimum absolute atomic E-state index is 0.104. The van der Waals surface area contributed by atoms with Gasteiger partial charge in [-0.25, -0.2) is 5.01 Å². The third-order valence-electron chi connectivity index (χ3n) is 6.26. The van der Waals surface area contributed by atoms with Gasteiger partial charge in [0.1, 0.15) is 11.4 Å². The van der Waals surface area contributed by atoms with Crippen LogP contribution in [0.4, 0.5) is 0 Å². The first kappa shape index (κ1) is 16.7. The summed E-state index contributed by atoms with van der Waals surface area (Å²) in [6.45, 7) is 2.17. The third-order valence-corrected chi connectivity index (χ3v) is 6.26. The van der Waals surface area contributed by atoms with Crippen LogP contribution in [0.2, 0.25) is 0 Å². The van der Waals surface area contributed by atoms with Gasteiger partial charge in [0.25, 0.3) is 5.91 Å². The van der Waals surface area contributed by atoms with Crippen LogP contribution in [0.25, 0.3) is 0 Å². The minimum atomic E-state index is -0.290. The second kappa shape index (κ2) is 6.05. The standard InChI is InChI=1S/C20H23N3O4/c24-17-2-1-3-18(25)23(17)22-12-14-11-16-13(10-15(14)19(22)26)4-5-20(27-16)6-8-21-9-7-20/h10-11,21H,1-9,12H2. The SMILES string of the molecule is O=C1c2cc3c(cc2CN1N1C(=O)CCCC1=O)OC1(CCNCC1)CC3. The molecule has 1 aromatic carbocycles. The van der Waals surface area contributed by atoms with Gasteiger partial charge in [0.15, 0.2) is 0 Å². The van der Waals surface area contributed by atoms with Crippen LogP contribution in [-0.4, -0.2) is 46.4 Å². The lowest BCUT2D eigenvalue weighted by atomic mass is 9.83. The summed E-state index contributed by atoms with van der Waals surface area (Å²) >= 11 is 0. The zero-order valence-electron chi connectivity index (χ0n) is 15.3. The zero-order chi connectivity index (χ0) is 18.6. The quantitative estimate of drug-likeness (QED) is 0.760. The molecule has 5 rings (SSSR count). The Bertz CT molecular complexity index is 828. The Morgan fingerprint density at radius 2 is 1.67 bits per heavy atom. The number of hydrogen-bond donors (Lipinski definition) is 1. The van der Waals surface area contributed by atoms with Crippen LogP contribution in [0.3, 0.4) is 0 Å². The highest BCUT2D eigenvalue weighted by Gasteiger charge is 2.42. The van der Waals surface area contributed by atoms with Gasteiger partial charge in [-0.2, -0.15) is 5.01 Å². The lowest BCUT2D eigenvalue weighted by molar-refractivity contribution is -0.163. The molecule has 2 fully saturated rings. The number of hydrogen-bond acceptors (Lipinski definition) is 5.